The summed E-state index contributed by atoms with van der Waals surface area (Å²) < 4.78 is 53.5. The third kappa shape index (κ3) is 4.31. The van der Waals surface area contributed by atoms with Crippen molar-refractivity contribution in [3.05, 3.63) is 74.3 Å². The van der Waals surface area contributed by atoms with Crippen LogP contribution in [0.25, 0.3) is 0 Å². The predicted molar refractivity (Wildman–Crippen MR) is 107 cm³/mol. The van der Waals surface area contributed by atoms with Crippen LogP contribution in [0.1, 0.15) is 10.1 Å². The van der Waals surface area contributed by atoms with Crippen LogP contribution >= 0.6 is 22.7 Å². The van der Waals surface area contributed by atoms with Crippen molar-refractivity contribution in [1.82, 2.24) is 4.72 Å². The fourth-order valence-electron chi connectivity index (χ4n) is 2.42. The lowest BCUT2D eigenvalue weighted by Gasteiger charge is -2.16. The lowest BCUT2D eigenvalue weighted by Crippen LogP contribution is -2.31. The Bertz CT molecular complexity index is 1150. The Morgan fingerprint density at radius 1 is 0.964 bits per heavy atom. The number of rotatable bonds is 8. The molecule has 1 N–H and O–H groups in total. The van der Waals surface area contributed by atoms with E-state index < -0.39 is 30.0 Å². The average Bonchev–Trinajstić information content (AvgIpc) is 3.36. The van der Waals surface area contributed by atoms with E-state index >= 15 is 0 Å². The molecule has 1 aromatic carbocycles. The molecule has 8 nitrogen and oxygen atoms in total. The molecular formula is C16H14N2O6S4. The normalized spacial score (nSPS) is 13.3. The summed E-state index contributed by atoms with van der Waals surface area (Å²) in [6, 6.07) is 10.8. The SMILES string of the molecule is O=[N+]([O-])c1ccc(S(=O)(=O)NC[C@@H](c2cccs2)S(=O)(=O)c2cccs2)cc1. The number of benzene rings is 1. The summed E-state index contributed by atoms with van der Waals surface area (Å²) in [4.78, 5) is 10.4. The first kappa shape index (κ1) is 20.6. The van der Waals surface area contributed by atoms with Gasteiger partial charge in [-0.2, -0.15) is 0 Å². The Morgan fingerprint density at radius 2 is 1.61 bits per heavy atom. The van der Waals surface area contributed by atoms with Crippen molar-refractivity contribution < 1.29 is 21.8 Å². The van der Waals surface area contributed by atoms with E-state index in [0.717, 1.165) is 35.6 Å². The van der Waals surface area contributed by atoms with Crippen LogP contribution in [0.5, 0.6) is 0 Å². The molecule has 0 spiro atoms. The average molecular weight is 459 g/mol. The van der Waals surface area contributed by atoms with Gasteiger partial charge in [-0.25, -0.2) is 21.6 Å². The zero-order valence-electron chi connectivity index (χ0n) is 14.1. The van der Waals surface area contributed by atoms with E-state index in [0.29, 0.717) is 4.88 Å². The Labute approximate surface area is 169 Å². The maximum Gasteiger partial charge on any atom is 0.269 e. The van der Waals surface area contributed by atoms with Crippen molar-refractivity contribution in [2.75, 3.05) is 6.54 Å². The number of sulfone groups is 1. The molecule has 2 heterocycles. The Kier molecular flexibility index (Phi) is 5.95. The van der Waals surface area contributed by atoms with Crippen molar-refractivity contribution in [2.45, 2.75) is 14.4 Å². The molecule has 12 heteroatoms. The van der Waals surface area contributed by atoms with Gasteiger partial charge in [-0.05, 0) is 35.0 Å². The molecule has 0 saturated heterocycles. The van der Waals surface area contributed by atoms with Crippen molar-refractivity contribution in [2.24, 2.45) is 0 Å². The van der Waals surface area contributed by atoms with Gasteiger partial charge in [0, 0.05) is 23.6 Å². The molecule has 148 valence electrons. The summed E-state index contributed by atoms with van der Waals surface area (Å²) in [6.45, 7) is -0.361. The number of nitro groups is 1. The fraction of sp³-hybridized carbons (Fsp3) is 0.125. The summed E-state index contributed by atoms with van der Waals surface area (Å²) in [6.07, 6.45) is 0. The molecule has 0 aliphatic carbocycles. The molecule has 1 atom stereocenters. The first-order valence-electron chi connectivity index (χ1n) is 7.77. The first-order valence-corrected chi connectivity index (χ1v) is 12.6. The van der Waals surface area contributed by atoms with Crippen LogP contribution in [0, 0.1) is 10.1 Å². The molecule has 2 aromatic heterocycles. The highest BCUT2D eigenvalue weighted by atomic mass is 32.2. The third-order valence-corrected chi connectivity index (χ3v) is 9.92. The minimum absolute atomic E-state index is 0.153. The van der Waals surface area contributed by atoms with E-state index in [-0.39, 0.29) is 21.3 Å². The Hall–Kier alpha value is -2.12. The van der Waals surface area contributed by atoms with Gasteiger partial charge in [0.2, 0.25) is 10.0 Å². The molecule has 3 rings (SSSR count). The van der Waals surface area contributed by atoms with Gasteiger partial charge in [0.05, 0.1) is 9.82 Å². The molecule has 0 amide bonds. The molecule has 0 unspecified atom stereocenters. The highest BCUT2D eigenvalue weighted by Crippen LogP contribution is 2.33. The molecule has 0 saturated carbocycles. The van der Waals surface area contributed by atoms with Gasteiger partial charge in [0.25, 0.3) is 5.69 Å². The van der Waals surface area contributed by atoms with Crippen LogP contribution < -0.4 is 4.72 Å². The van der Waals surface area contributed by atoms with Crippen LogP contribution in [0.2, 0.25) is 0 Å². The summed E-state index contributed by atoms with van der Waals surface area (Å²) in [7, 11) is -7.84. The largest absolute Gasteiger partial charge is 0.269 e. The molecule has 0 aliphatic rings. The van der Waals surface area contributed by atoms with Gasteiger partial charge in [-0.3, -0.25) is 10.1 Å². The molecule has 0 fully saturated rings. The van der Waals surface area contributed by atoms with E-state index in [1.165, 1.54) is 17.4 Å². The maximum absolute atomic E-state index is 13.0. The van der Waals surface area contributed by atoms with Gasteiger partial charge >= 0.3 is 0 Å². The number of nitrogens with one attached hydrogen (secondary N) is 1. The Morgan fingerprint density at radius 3 is 2.14 bits per heavy atom. The number of thiophene rings is 2. The molecule has 28 heavy (non-hydrogen) atoms. The van der Waals surface area contributed by atoms with Crippen LogP contribution in [0.4, 0.5) is 5.69 Å². The van der Waals surface area contributed by atoms with Crippen LogP contribution in [-0.4, -0.2) is 28.3 Å². The van der Waals surface area contributed by atoms with E-state index in [4.69, 9.17) is 0 Å². The molecule has 0 bridgehead atoms. The standard InChI is InChI=1S/C16H14N2O6S4/c19-18(20)12-5-7-13(8-6-12)28(23,24)17-11-15(14-3-1-9-25-14)27(21,22)16-4-2-10-26-16/h1-10,15,17H,11H2/t15-/m0/s1. The number of hydrogen-bond acceptors (Lipinski definition) is 8. The molecular weight excluding hydrogens is 444 g/mol. The number of nitro benzene ring substituents is 1. The van der Waals surface area contributed by atoms with Crippen molar-refractivity contribution in [3.63, 3.8) is 0 Å². The van der Waals surface area contributed by atoms with Gasteiger partial charge in [-0.15, -0.1) is 22.7 Å². The topological polar surface area (TPSA) is 123 Å². The summed E-state index contributed by atoms with van der Waals surface area (Å²) in [5.41, 5.74) is -0.240. The van der Waals surface area contributed by atoms with Crippen molar-refractivity contribution in [3.8, 4) is 0 Å². The number of non-ortho nitro benzene ring substituents is 1. The van der Waals surface area contributed by atoms with Gasteiger partial charge in [0.1, 0.15) is 9.46 Å². The number of nitrogens with zero attached hydrogens (tertiary/aromatic N) is 1. The summed E-state index contributed by atoms with van der Waals surface area (Å²) in [5, 5.41) is 13.0. The van der Waals surface area contributed by atoms with E-state index in [2.05, 4.69) is 4.72 Å². The fourth-order valence-corrected chi connectivity index (χ4v) is 7.56. The van der Waals surface area contributed by atoms with E-state index in [1.54, 1.807) is 29.0 Å². The maximum atomic E-state index is 13.0. The van der Waals surface area contributed by atoms with E-state index in [9.17, 15) is 26.9 Å². The highest BCUT2D eigenvalue weighted by Gasteiger charge is 2.32. The predicted octanol–water partition coefficient (Wildman–Crippen LogP) is 3.21. The van der Waals surface area contributed by atoms with E-state index in [1.807, 2.05) is 0 Å². The first-order chi connectivity index (χ1) is 13.2. The minimum atomic E-state index is -4.05. The molecule has 0 radical (unpaired) electrons. The van der Waals surface area contributed by atoms with Crippen LogP contribution in [0.3, 0.4) is 0 Å². The highest BCUT2D eigenvalue weighted by molar-refractivity contribution is 7.94. The van der Waals surface area contributed by atoms with Crippen LogP contribution in [-0.2, 0) is 19.9 Å². The lowest BCUT2D eigenvalue weighted by molar-refractivity contribution is -0.384. The quantitative estimate of drug-likeness (QED) is 0.408. The molecule has 0 aliphatic heterocycles. The third-order valence-electron chi connectivity index (χ3n) is 3.83. The summed E-state index contributed by atoms with van der Waals surface area (Å²) >= 11 is 2.29. The van der Waals surface area contributed by atoms with Crippen molar-refractivity contribution in [1.29, 1.82) is 0 Å². The number of sulfonamides is 1. The smallest absolute Gasteiger partial charge is 0.258 e. The van der Waals surface area contributed by atoms with Gasteiger partial charge < -0.3 is 0 Å². The van der Waals surface area contributed by atoms with Gasteiger partial charge in [0.15, 0.2) is 9.84 Å². The second-order valence-corrected chi connectivity index (χ2v) is 11.6. The minimum Gasteiger partial charge on any atom is -0.258 e. The lowest BCUT2D eigenvalue weighted by atomic mass is 10.3. The van der Waals surface area contributed by atoms with Gasteiger partial charge in [-0.1, -0.05) is 12.1 Å². The summed E-state index contributed by atoms with van der Waals surface area (Å²) in [5.74, 6) is 0. The number of hydrogen-bond donors (Lipinski definition) is 1. The zero-order chi connectivity index (χ0) is 20.4. The second-order valence-electron chi connectivity index (χ2n) is 5.58. The monoisotopic (exact) mass is 458 g/mol. The molecule has 3 aromatic rings. The van der Waals surface area contributed by atoms with Crippen LogP contribution in [0.15, 0.2) is 68.4 Å². The zero-order valence-corrected chi connectivity index (χ0v) is 17.4. The second kappa shape index (κ2) is 8.09. The van der Waals surface area contributed by atoms with Crippen molar-refractivity contribution >= 4 is 48.2 Å². The Balaban J connectivity index is 1.87.